The topological polar surface area (TPSA) is 63.4 Å². The van der Waals surface area contributed by atoms with Gasteiger partial charge in [-0.25, -0.2) is 0 Å². The fraction of sp³-hybridized carbons (Fsp3) is 0.692. The van der Waals surface area contributed by atoms with Crippen molar-refractivity contribution in [2.75, 3.05) is 6.54 Å². The number of halogens is 3. The van der Waals surface area contributed by atoms with Crippen LogP contribution in [0.25, 0.3) is 0 Å². The van der Waals surface area contributed by atoms with Crippen molar-refractivity contribution in [3.63, 3.8) is 0 Å². The summed E-state index contributed by atoms with van der Waals surface area (Å²) in [6.45, 7) is 1.72. The summed E-state index contributed by atoms with van der Waals surface area (Å²) in [6.07, 6.45) is -3.15. The first-order valence-electron chi connectivity index (χ1n) is 6.42. The van der Waals surface area contributed by atoms with Gasteiger partial charge >= 0.3 is 6.18 Å². The van der Waals surface area contributed by atoms with Gasteiger partial charge in [-0.2, -0.15) is 13.2 Å². The quantitative estimate of drug-likeness (QED) is 0.799. The van der Waals surface area contributed by atoms with Crippen LogP contribution in [0.5, 0.6) is 0 Å². The number of carbonyl (C=O) groups excluding carboxylic acids is 2. The third-order valence-corrected chi connectivity index (χ3v) is 3.19. The number of likely N-dealkylation sites (tertiary alicyclic amines) is 1. The minimum absolute atomic E-state index is 0.0172. The maximum atomic E-state index is 12.1. The van der Waals surface area contributed by atoms with Gasteiger partial charge in [0.1, 0.15) is 6.04 Å². The highest BCUT2D eigenvalue weighted by Crippen LogP contribution is 2.21. The minimum atomic E-state index is -4.55. The van der Waals surface area contributed by atoms with Gasteiger partial charge in [0, 0.05) is 24.8 Å². The van der Waals surface area contributed by atoms with E-state index in [0.29, 0.717) is 19.3 Å². The molecule has 112 valence electrons. The normalized spacial score (nSPS) is 21.7. The van der Waals surface area contributed by atoms with Crippen LogP contribution in [0.15, 0.2) is 0 Å². The molecule has 0 spiro atoms. The smallest absolute Gasteiger partial charge is 0.368 e. The molecule has 2 amide bonds. The van der Waals surface area contributed by atoms with Crippen molar-refractivity contribution in [2.24, 2.45) is 11.7 Å². The molecule has 0 aromatic heterocycles. The summed E-state index contributed by atoms with van der Waals surface area (Å²) in [7, 11) is 0. The van der Waals surface area contributed by atoms with Crippen molar-refractivity contribution in [3.8, 4) is 11.8 Å². The van der Waals surface area contributed by atoms with E-state index in [4.69, 9.17) is 5.73 Å². The molecule has 1 saturated heterocycles. The van der Waals surface area contributed by atoms with Crippen molar-refractivity contribution in [1.29, 1.82) is 0 Å². The van der Waals surface area contributed by atoms with E-state index < -0.39 is 24.0 Å². The van der Waals surface area contributed by atoms with Gasteiger partial charge in [-0.15, -0.1) is 0 Å². The third kappa shape index (κ3) is 4.76. The third-order valence-electron chi connectivity index (χ3n) is 3.19. The lowest BCUT2D eigenvalue weighted by Crippen LogP contribution is -2.48. The molecular formula is C13H17F3N2O2. The summed E-state index contributed by atoms with van der Waals surface area (Å²) in [5, 5.41) is 0. The fourth-order valence-electron chi connectivity index (χ4n) is 2.25. The van der Waals surface area contributed by atoms with Gasteiger partial charge < -0.3 is 10.6 Å². The minimum Gasteiger partial charge on any atom is -0.368 e. The Kier molecular flexibility index (Phi) is 5.43. The van der Waals surface area contributed by atoms with Crippen LogP contribution in [0, 0.1) is 17.8 Å². The van der Waals surface area contributed by atoms with E-state index in [1.165, 1.54) is 10.8 Å². The maximum absolute atomic E-state index is 12.1. The monoisotopic (exact) mass is 290 g/mol. The second-order valence-electron chi connectivity index (χ2n) is 4.73. The van der Waals surface area contributed by atoms with E-state index in [0.717, 1.165) is 0 Å². The van der Waals surface area contributed by atoms with Crippen molar-refractivity contribution in [3.05, 3.63) is 0 Å². The lowest BCUT2D eigenvalue weighted by Gasteiger charge is -2.29. The molecule has 1 fully saturated rings. The fourth-order valence-corrected chi connectivity index (χ4v) is 2.25. The Labute approximate surface area is 115 Å². The first-order valence-corrected chi connectivity index (χ1v) is 6.42. The van der Waals surface area contributed by atoms with Crippen LogP contribution >= 0.6 is 0 Å². The summed E-state index contributed by atoms with van der Waals surface area (Å²) in [5.41, 5.74) is 5.23. The van der Waals surface area contributed by atoms with E-state index in [-0.39, 0.29) is 18.9 Å². The van der Waals surface area contributed by atoms with Gasteiger partial charge in [-0.1, -0.05) is 12.8 Å². The first kappa shape index (κ1) is 16.3. The van der Waals surface area contributed by atoms with Crippen molar-refractivity contribution >= 4 is 11.8 Å². The highest BCUT2D eigenvalue weighted by molar-refractivity contribution is 5.86. The molecule has 7 heteroatoms. The Balaban J connectivity index is 2.90. The van der Waals surface area contributed by atoms with Crippen molar-refractivity contribution < 1.29 is 22.8 Å². The Hall–Kier alpha value is -1.71. The van der Waals surface area contributed by atoms with Gasteiger partial charge in [0.25, 0.3) is 0 Å². The molecule has 0 aromatic carbocycles. The number of hydrogen-bond acceptors (Lipinski definition) is 2. The average molecular weight is 290 g/mol. The molecule has 20 heavy (non-hydrogen) atoms. The van der Waals surface area contributed by atoms with E-state index in [1.807, 2.05) is 0 Å². The van der Waals surface area contributed by atoms with Crippen LogP contribution in [0.2, 0.25) is 0 Å². The first-order chi connectivity index (χ1) is 9.24. The summed E-state index contributed by atoms with van der Waals surface area (Å²) < 4.78 is 36.3. The zero-order chi connectivity index (χ0) is 15.3. The average Bonchev–Trinajstić information content (AvgIpc) is 2.49. The summed E-state index contributed by atoms with van der Waals surface area (Å²) in [4.78, 5) is 24.5. The van der Waals surface area contributed by atoms with E-state index in [2.05, 4.69) is 5.92 Å². The molecule has 1 rings (SSSR count). The summed E-state index contributed by atoms with van der Waals surface area (Å²) in [5.74, 6) is 1.89. The number of carbonyl (C=O) groups is 2. The second kappa shape index (κ2) is 6.64. The molecule has 0 bridgehead atoms. The molecular weight excluding hydrogens is 273 g/mol. The molecule has 2 unspecified atom stereocenters. The van der Waals surface area contributed by atoms with Crippen LogP contribution in [0.4, 0.5) is 13.2 Å². The van der Waals surface area contributed by atoms with E-state index in [1.54, 1.807) is 6.92 Å². The van der Waals surface area contributed by atoms with Crippen LogP contribution in [0.3, 0.4) is 0 Å². The van der Waals surface area contributed by atoms with Gasteiger partial charge in [0.2, 0.25) is 11.8 Å². The summed E-state index contributed by atoms with van der Waals surface area (Å²) >= 11 is 0. The standard InChI is InChI=1S/C13H17F3N2O2/c1-2-10(12(17)20)18-8-9(4-3-5-11(18)19)6-7-13(14,15)16/h9-10H,2-5,8H2,1H3,(H2,17,20). The van der Waals surface area contributed by atoms with Crippen LogP contribution < -0.4 is 5.73 Å². The Morgan fingerprint density at radius 3 is 2.70 bits per heavy atom. The van der Waals surface area contributed by atoms with Gasteiger partial charge in [0.15, 0.2) is 0 Å². The van der Waals surface area contributed by atoms with Gasteiger partial charge in [-0.3, -0.25) is 9.59 Å². The number of hydrogen-bond donors (Lipinski definition) is 1. The predicted molar refractivity (Wildman–Crippen MR) is 66.2 cm³/mol. The molecule has 1 aliphatic rings. The van der Waals surface area contributed by atoms with E-state index in [9.17, 15) is 22.8 Å². The summed E-state index contributed by atoms with van der Waals surface area (Å²) in [6, 6.07) is -0.782. The number of amides is 2. The number of nitrogens with two attached hydrogens (primary N) is 1. The maximum Gasteiger partial charge on any atom is 0.457 e. The largest absolute Gasteiger partial charge is 0.457 e. The molecule has 1 heterocycles. The number of alkyl halides is 3. The Bertz CT molecular complexity index is 437. The zero-order valence-corrected chi connectivity index (χ0v) is 11.2. The van der Waals surface area contributed by atoms with Crippen molar-refractivity contribution in [2.45, 2.75) is 44.8 Å². The number of nitrogens with zero attached hydrogens (tertiary/aromatic N) is 1. The lowest BCUT2D eigenvalue weighted by atomic mass is 10.0. The molecule has 0 aromatic rings. The number of primary amides is 1. The molecule has 0 saturated carbocycles. The van der Waals surface area contributed by atoms with Crippen LogP contribution in [-0.4, -0.2) is 35.5 Å². The molecule has 0 aliphatic carbocycles. The van der Waals surface area contributed by atoms with Gasteiger partial charge in [0.05, 0.1) is 0 Å². The Morgan fingerprint density at radius 2 is 2.20 bits per heavy atom. The molecule has 4 nitrogen and oxygen atoms in total. The molecule has 0 radical (unpaired) electrons. The number of rotatable bonds is 3. The highest BCUT2D eigenvalue weighted by atomic mass is 19.4. The SMILES string of the molecule is CCC(C(N)=O)N1CC(C#CC(F)(F)F)CCCC1=O. The molecule has 1 aliphatic heterocycles. The van der Waals surface area contributed by atoms with Crippen molar-refractivity contribution in [1.82, 2.24) is 4.90 Å². The highest BCUT2D eigenvalue weighted by Gasteiger charge is 2.31. The molecule has 2 N–H and O–H groups in total. The second-order valence-corrected chi connectivity index (χ2v) is 4.73. The van der Waals surface area contributed by atoms with Crippen LogP contribution in [-0.2, 0) is 9.59 Å². The Morgan fingerprint density at radius 1 is 1.55 bits per heavy atom. The zero-order valence-electron chi connectivity index (χ0n) is 11.2. The molecule has 2 atom stereocenters. The van der Waals surface area contributed by atoms with E-state index >= 15 is 0 Å². The predicted octanol–water partition coefficient (Wildman–Crippen LogP) is 1.44. The lowest BCUT2D eigenvalue weighted by molar-refractivity contribution is -0.139. The van der Waals surface area contributed by atoms with Gasteiger partial charge in [-0.05, 0) is 19.3 Å². The van der Waals surface area contributed by atoms with Crippen LogP contribution in [0.1, 0.15) is 32.6 Å².